The summed E-state index contributed by atoms with van der Waals surface area (Å²) in [5.41, 5.74) is 6.05. The number of rotatable bonds is 4. The molecule has 0 amide bonds. The Hall–Kier alpha value is -2.44. The van der Waals surface area contributed by atoms with E-state index in [4.69, 9.17) is 5.73 Å². The van der Waals surface area contributed by atoms with E-state index in [0.29, 0.717) is 12.4 Å². The van der Waals surface area contributed by atoms with E-state index >= 15 is 0 Å². The van der Waals surface area contributed by atoms with Gasteiger partial charge in [0.25, 0.3) is 0 Å². The van der Waals surface area contributed by atoms with E-state index in [1.165, 1.54) is 6.33 Å². The van der Waals surface area contributed by atoms with Gasteiger partial charge in [0.05, 0.1) is 5.69 Å². The topological polar surface area (TPSA) is 75.9 Å². The third-order valence-electron chi connectivity index (χ3n) is 2.41. The fourth-order valence-corrected chi connectivity index (χ4v) is 1.52. The van der Waals surface area contributed by atoms with Crippen LogP contribution >= 0.6 is 0 Å². The van der Waals surface area contributed by atoms with E-state index < -0.39 is 11.6 Å². The Morgan fingerprint density at radius 3 is 2.68 bits per heavy atom. The Kier molecular flexibility index (Phi) is 3.74. The molecule has 0 unspecified atom stereocenters. The van der Waals surface area contributed by atoms with Crippen molar-refractivity contribution in [2.75, 3.05) is 22.9 Å². The lowest BCUT2D eigenvalue weighted by Crippen LogP contribution is -2.08. The summed E-state index contributed by atoms with van der Waals surface area (Å²) in [5.74, 6) is -0.486. The normalized spacial score (nSPS) is 10.3. The average molecular weight is 265 g/mol. The fourth-order valence-electron chi connectivity index (χ4n) is 1.52. The molecule has 1 aromatic carbocycles. The van der Waals surface area contributed by atoms with Crippen LogP contribution in [-0.2, 0) is 0 Å². The number of nitrogens with two attached hydrogens (primary N) is 1. The maximum Gasteiger partial charge on any atom is 0.159 e. The van der Waals surface area contributed by atoms with E-state index in [-0.39, 0.29) is 17.2 Å². The van der Waals surface area contributed by atoms with Gasteiger partial charge in [-0.25, -0.2) is 18.7 Å². The lowest BCUT2D eigenvalue weighted by atomic mass is 10.3. The second-order valence-electron chi connectivity index (χ2n) is 3.76. The zero-order valence-corrected chi connectivity index (χ0v) is 10.2. The average Bonchev–Trinajstić information content (AvgIpc) is 2.39. The molecule has 2 aromatic rings. The first-order chi connectivity index (χ1) is 9.11. The Morgan fingerprint density at radius 2 is 1.95 bits per heavy atom. The van der Waals surface area contributed by atoms with Gasteiger partial charge in [0, 0.05) is 12.6 Å². The van der Waals surface area contributed by atoms with Crippen molar-refractivity contribution in [3.05, 3.63) is 36.2 Å². The summed E-state index contributed by atoms with van der Waals surface area (Å²) >= 11 is 0. The molecule has 2 rings (SSSR count). The predicted molar refractivity (Wildman–Crippen MR) is 70.2 cm³/mol. The summed E-state index contributed by atoms with van der Waals surface area (Å²) in [6, 6.07) is 3.10. The summed E-state index contributed by atoms with van der Waals surface area (Å²) in [5, 5.41) is 5.59. The SMILES string of the molecule is CCNc1ncnc(Nc2cc(F)ccc2F)c1N. The van der Waals surface area contributed by atoms with Crippen LogP contribution in [0.3, 0.4) is 0 Å². The first-order valence-electron chi connectivity index (χ1n) is 5.68. The second-order valence-corrected chi connectivity index (χ2v) is 3.76. The Bertz CT molecular complexity index is 588. The Balaban J connectivity index is 2.33. The number of anilines is 4. The fraction of sp³-hybridized carbons (Fsp3) is 0.167. The van der Waals surface area contributed by atoms with Gasteiger partial charge in [-0.05, 0) is 19.1 Å². The van der Waals surface area contributed by atoms with Crippen LogP contribution in [0.25, 0.3) is 0 Å². The van der Waals surface area contributed by atoms with Gasteiger partial charge >= 0.3 is 0 Å². The molecular weight excluding hydrogens is 252 g/mol. The predicted octanol–water partition coefficient (Wildman–Crippen LogP) is 2.51. The first kappa shape index (κ1) is 13.0. The molecule has 0 fully saturated rings. The summed E-state index contributed by atoms with van der Waals surface area (Å²) in [4.78, 5) is 7.87. The molecule has 100 valence electrons. The number of aromatic nitrogens is 2. The molecule has 0 spiro atoms. The third kappa shape index (κ3) is 2.87. The highest BCUT2D eigenvalue weighted by Crippen LogP contribution is 2.27. The van der Waals surface area contributed by atoms with Gasteiger partial charge in [-0.2, -0.15) is 0 Å². The number of nitrogens with zero attached hydrogens (tertiary/aromatic N) is 2. The maximum atomic E-state index is 13.5. The van der Waals surface area contributed by atoms with E-state index in [1.807, 2.05) is 6.92 Å². The largest absolute Gasteiger partial charge is 0.393 e. The Labute approximate surface area is 108 Å². The Morgan fingerprint density at radius 1 is 1.21 bits per heavy atom. The molecule has 5 nitrogen and oxygen atoms in total. The van der Waals surface area contributed by atoms with Crippen LogP contribution < -0.4 is 16.4 Å². The molecule has 1 heterocycles. The number of nitrogen functional groups attached to an aromatic ring is 1. The summed E-state index contributed by atoms with van der Waals surface area (Å²) < 4.78 is 26.6. The molecule has 1 aromatic heterocycles. The van der Waals surface area contributed by atoms with Crippen LogP contribution in [0, 0.1) is 11.6 Å². The molecular formula is C12H13F2N5. The van der Waals surface area contributed by atoms with Gasteiger partial charge in [-0.15, -0.1) is 0 Å². The van der Waals surface area contributed by atoms with Gasteiger partial charge in [-0.1, -0.05) is 0 Å². The minimum atomic E-state index is -0.593. The molecule has 7 heteroatoms. The monoisotopic (exact) mass is 265 g/mol. The molecule has 19 heavy (non-hydrogen) atoms. The van der Waals surface area contributed by atoms with E-state index in [0.717, 1.165) is 18.2 Å². The van der Waals surface area contributed by atoms with Gasteiger partial charge in [-0.3, -0.25) is 0 Å². The van der Waals surface area contributed by atoms with Crippen LogP contribution in [0.1, 0.15) is 6.92 Å². The molecule has 0 bridgehead atoms. The zero-order chi connectivity index (χ0) is 13.8. The lowest BCUT2D eigenvalue weighted by molar-refractivity contribution is 0.603. The molecule has 0 aliphatic heterocycles. The maximum absolute atomic E-state index is 13.5. The quantitative estimate of drug-likeness (QED) is 0.792. The number of hydrogen-bond acceptors (Lipinski definition) is 5. The van der Waals surface area contributed by atoms with Crippen LogP contribution in [0.4, 0.5) is 31.8 Å². The smallest absolute Gasteiger partial charge is 0.159 e. The van der Waals surface area contributed by atoms with Gasteiger partial charge in [0.15, 0.2) is 11.6 Å². The van der Waals surface area contributed by atoms with Gasteiger partial charge in [0.2, 0.25) is 0 Å². The van der Waals surface area contributed by atoms with Gasteiger partial charge < -0.3 is 16.4 Å². The summed E-state index contributed by atoms with van der Waals surface area (Å²) in [7, 11) is 0. The van der Waals surface area contributed by atoms with Crippen molar-refractivity contribution in [1.29, 1.82) is 0 Å². The van der Waals surface area contributed by atoms with Gasteiger partial charge in [0.1, 0.15) is 23.6 Å². The first-order valence-corrected chi connectivity index (χ1v) is 5.68. The zero-order valence-electron chi connectivity index (χ0n) is 10.2. The van der Waals surface area contributed by atoms with Crippen LogP contribution in [0.2, 0.25) is 0 Å². The highest BCUT2D eigenvalue weighted by Gasteiger charge is 2.10. The minimum Gasteiger partial charge on any atom is -0.393 e. The van der Waals surface area contributed by atoms with E-state index in [2.05, 4.69) is 20.6 Å². The minimum absolute atomic E-state index is 0.0344. The van der Waals surface area contributed by atoms with Crippen molar-refractivity contribution < 1.29 is 8.78 Å². The van der Waals surface area contributed by atoms with Crippen LogP contribution in [-0.4, -0.2) is 16.5 Å². The molecule has 0 saturated carbocycles. The lowest BCUT2D eigenvalue weighted by Gasteiger charge is -2.12. The molecule has 0 radical (unpaired) electrons. The van der Waals surface area contributed by atoms with Crippen LogP contribution in [0.5, 0.6) is 0 Å². The van der Waals surface area contributed by atoms with Crippen molar-refractivity contribution in [2.24, 2.45) is 0 Å². The van der Waals surface area contributed by atoms with E-state index in [1.54, 1.807) is 0 Å². The van der Waals surface area contributed by atoms with Crippen molar-refractivity contribution in [3.63, 3.8) is 0 Å². The number of nitrogens with one attached hydrogen (secondary N) is 2. The van der Waals surface area contributed by atoms with Crippen molar-refractivity contribution >= 4 is 23.0 Å². The molecule has 0 atom stereocenters. The molecule has 0 saturated heterocycles. The summed E-state index contributed by atoms with van der Waals surface area (Å²) in [6.07, 6.45) is 1.29. The van der Waals surface area contributed by atoms with Crippen molar-refractivity contribution in [1.82, 2.24) is 9.97 Å². The summed E-state index contributed by atoms with van der Waals surface area (Å²) in [6.45, 7) is 2.52. The number of benzene rings is 1. The van der Waals surface area contributed by atoms with Crippen LogP contribution in [0.15, 0.2) is 24.5 Å². The van der Waals surface area contributed by atoms with Crippen molar-refractivity contribution in [3.8, 4) is 0 Å². The molecule has 0 aliphatic rings. The highest BCUT2D eigenvalue weighted by molar-refractivity contribution is 5.77. The van der Waals surface area contributed by atoms with Crippen molar-refractivity contribution in [2.45, 2.75) is 6.92 Å². The van der Waals surface area contributed by atoms with E-state index in [9.17, 15) is 8.78 Å². The third-order valence-corrected chi connectivity index (χ3v) is 2.41. The molecule has 0 aliphatic carbocycles. The molecule has 4 N–H and O–H groups in total. The highest BCUT2D eigenvalue weighted by atomic mass is 19.1. The second kappa shape index (κ2) is 5.47. The number of halogens is 2. The number of hydrogen-bond donors (Lipinski definition) is 3. The standard InChI is InChI=1S/C12H13F2N5/c1-2-16-11-10(15)12(18-6-17-11)19-9-5-7(13)3-4-8(9)14/h3-6H,2,15H2,1H3,(H2,16,17,18,19).